The van der Waals surface area contributed by atoms with E-state index in [-0.39, 0.29) is 10.8 Å². The number of ether oxygens (including phenoxy) is 2. The van der Waals surface area contributed by atoms with Gasteiger partial charge in [0.1, 0.15) is 12.4 Å². The lowest BCUT2D eigenvalue weighted by atomic mass is 9.98. The zero-order valence-electron chi connectivity index (χ0n) is 12.1. The molecule has 1 aromatic carbocycles. The number of hydrogen-bond donors (Lipinski definition) is 0. The van der Waals surface area contributed by atoms with Gasteiger partial charge >= 0.3 is 0 Å². The van der Waals surface area contributed by atoms with Gasteiger partial charge in [0, 0.05) is 17.3 Å². The highest BCUT2D eigenvalue weighted by Gasteiger charge is 2.16. The van der Waals surface area contributed by atoms with Crippen molar-refractivity contribution in [2.24, 2.45) is 0 Å². The third-order valence-corrected chi connectivity index (χ3v) is 4.45. The lowest BCUT2D eigenvalue weighted by Crippen LogP contribution is -2.09. The highest BCUT2D eigenvalue weighted by molar-refractivity contribution is 8.13. The molecule has 0 bridgehead atoms. The lowest BCUT2D eigenvalue weighted by Gasteiger charge is -2.16. The summed E-state index contributed by atoms with van der Waals surface area (Å²) < 4.78 is 33.7. The van der Waals surface area contributed by atoms with E-state index in [9.17, 15) is 8.42 Å². The van der Waals surface area contributed by atoms with Crippen LogP contribution < -0.4 is 4.74 Å². The first-order chi connectivity index (χ1) is 9.40. The van der Waals surface area contributed by atoms with Gasteiger partial charge in [-0.1, -0.05) is 13.8 Å². The van der Waals surface area contributed by atoms with Gasteiger partial charge in [-0.2, -0.15) is 0 Å². The average molecular weight is 321 g/mol. The first-order valence-corrected chi connectivity index (χ1v) is 9.00. The number of halogens is 1. The summed E-state index contributed by atoms with van der Waals surface area (Å²) in [5.41, 5.74) is 0.853. The van der Waals surface area contributed by atoms with Crippen LogP contribution in [0.1, 0.15) is 38.7 Å². The summed E-state index contributed by atoms with van der Waals surface area (Å²) in [5.74, 6) is 0.874. The predicted octanol–water partition coefficient (Wildman–Crippen LogP) is 3.54. The lowest BCUT2D eigenvalue weighted by molar-refractivity contribution is 0.109. The van der Waals surface area contributed by atoms with E-state index < -0.39 is 9.05 Å². The van der Waals surface area contributed by atoms with E-state index in [2.05, 4.69) is 0 Å². The van der Waals surface area contributed by atoms with E-state index >= 15 is 0 Å². The van der Waals surface area contributed by atoms with Crippen LogP contribution in [0.4, 0.5) is 0 Å². The van der Waals surface area contributed by atoms with E-state index in [0.29, 0.717) is 25.6 Å². The molecule has 0 radical (unpaired) electrons. The van der Waals surface area contributed by atoms with Crippen LogP contribution in [0.2, 0.25) is 0 Å². The van der Waals surface area contributed by atoms with Gasteiger partial charge in [0.2, 0.25) is 0 Å². The molecule has 0 aliphatic heterocycles. The molecule has 0 saturated carbocycles. The molecule has 20 heavy (non-hydrogen) atoms. The molecule has 0 amide bonds. The van der Waals surface area contributed by atoms with Crippen molar-refractivity contribution < 1.29 is 17.9 Å². The van der Waals surface area contributed by atoms with Crippen LogP contribution in [0.5, 0.6) is 5.75 Å². The molecule has 0 aliphatic carbocycles. The van der Waals surface area contributed by atoms with Crippen molar-refractivity contribution in [3.8, 4) is 5.75 Å². The summed E-state index contributed by atoms with van der Waals surface area (Å²) in [6.07, 6.45) is 0.883. The predicted molar refractivity (Wildman–Crippen MR) is 80.2 cm³/mol. The van der Waals surface area contributed by atoms with Gasteiger partial charge < -0.3 is 9.47 Å². The van der Waals surface area contributed by atoms with Gasteiger partial charge in [0.15, 0.2) is 0 Å². The molecule has 114 valence electrons. The van der Waals surface area contributed by atoms with E-state index in [1.807, 2.05) is 20.8 Å². The summed E-state index contributed by atoms with van der Waals surface area (Å²) in [6.45, 7) is 7.57. The molecule has 4 nitrogen and oxygen atoms in total. The van der Waals surface area contributed by atoms with E-state index in [4.69, 9.17) is 20.2 Å². The van der Waals surface area contributed by atoms with Gasteiger partial charge in [-0.05, 0) is 43.0 Å². The van der Waals surface area contributed by atoms with Gasteiger partial charge in [0.05, 0.1) is 11.5 Å². The van der Waals surface area contributed by atoms with Crippen LogP contribution in [0, 0.1) is 0 Å². The van der Waals surface area contributed by atoms with Crippen molar-refractivity contribution in [3.05, 3.63) is 23.8 Å². The minimum Gasteiger partial charge on any atom is -0.491 e. The Morgan fingerprint density at radius 1 is 1.25 bits per heavy atom. The smallest absolute Gasteiger partial charge is 0.261 e. The zero-order chi connectivity index (χ0) is 15.2. The second kappa shape index (κ2) is 7.86. The quantitative estimate of drug-likeness (QED) is 0.543. The van der Waals surface area contributed by atoms with Crippen LogP contribution in [0.15, 0.2) is 23.1 Å². The summed E-state index contributed by atoms with van der Waals surface area (Å²) in [6, 6.07) is 4.71. The van der Waals surface area contributed by atoms with Crippen molar-refractivity contribution >= 4 is 19.7 Å². The van der Waals surface area contributed by atoms with Crippen molar-refractivity contribution in [1.29, 1.82) is 0 Å². The molecule has 0 aromatic heterocycles. The molecule has 1 aromatic rings. The first-order valence-electron chi connectivity index (χ1n) is 6.69. The molecular weight excluding hydrogens is 300 g/mol. The Labute approximate surface area is 125 Å². The Morgan fingerprint density at radius 2 is 1.95 bits per heavy atom. The Hall–Kier alpha value is -0.780. The minimum atomic E-state index is -3.72. The maximum absolute atomic E-state index is 11.4. The fourth-order valence-electron chi connectivity index (χ4n) is 1.77. The molecule has 1 atom stereocenters. The van der Waals surface area contributed by atoms with E-state index in [0.717, 1.165) is 12.0 Å². The van der Waals surface area contributed by atoms with Crippen LogP contribution in [-0.2, 0) is 13.8 Å². The molecule has 0 saturated heterocycles. The Morgan fingerprint density at radius 3 is 2.50 bits per heavy atom. The summed E-state index contributed by atoms with van der Waals surface area (Å²) >= 11 is 0. The van der Waals surface area contributed by atoms with Crippen molar-refractivity contribution in [1.82, 2.24) is 0 Å². The Balaban J connectivity index is 2.98. The summed E-state index contributed by atoms with van der Waals surface area (Å²) in [4.78, 5) is 0.103. The van der Waals surface area contributed by atoms with Gasteiger partial charge in [-0.15, -0.1) is 0 Å². The third kappa shape index (κ3) is 4.96. The van der Waals surface area contributed by atoms with Crippen LogP contribution in [0.3, 0.4) is 0 Å². The second-order valence-electron chi connectivity index (χ2n) is 4.49. The molecule has 0 aliphatic rings. The maximum Gasteiger partial charge on any atom is 0.261 e. The Bertz CT molecular complexity index is 528. The molecule has 0 heterocycles. The second-order valence-corrected chi connectivity index (χ2v) is 7.06. The number of hydrogen-bond acceptors (Lipinski definition) is 4. The maximum atomic E-state index is 11.4. The minimum absolute atomic E-state index is 0.103. The van der Waals surface area contributed by atoms with Gasteiger partial charge in [-0.25, -0.2) is 8.42 Å². The van der Waals surface area contributed by atoms with Crippen molar-refractivity contribution in [2.45, 2.75) is 38.0 Å². The molecular formula is C14H21ClO4S. The average Bonchev–Trinajstić information content (AvgIpc) is 2.41. The topological polar surface area (TPSA) is 52.6 Å². The van der Waals surface area contributed by atoms with Crippen LogP contribution >= 0.6 is 10.7 Å². The van der Waals surface area contributed by atoms with Gasteiger partial charge in [0.25, 0.3) is 9.05 Å². The largest absolute Gasteiger partial charge is 0.491 e. The number of benzene rings is 1. The standard InChI is InChI=1S/C14H21ClO4S/c1-4-11(3)13-10-12(20(15,16)17)6-7-14(13)19-9-8-18-5-2/h6-7,10-11H,4-5,8-9H2,1-3H3. The molecule has 0 N–H and O–H groups in total. The fourth-order valence-corrected chi connectivity index (χ4v) is 2.56. The highest BCUT2D eigenvalue weighted by atomic mass is 35.7. The van der Waals surface area contributed by atoms with Crippen LogP contribution in [0.25, 0.3) is 0 Å². The highest BCUT2D eigenvalue weighted by Crippen LogP contribution is 2.32. The monoisotopic (exact) mass is 320 g/mol. The summed E-state index contributed by atoms with van der Waals surface area (Å²) in [7, 11) is 1.67. The molecule has 1 unspecified atom stereocenters. The molecule has 0 fully saturated rings. The molecule has 6 heteroatoms. The molecule has 0 spiro atoms. The third-order valence-electron chi connectivity index (χ3n) is 3.10. The normalized spacial score (nSPS) is 13.2. The van der Waals surface area contributed by atoms with Gasteiger partial charge in [-0.3, -0.25) is 0 Å². The van der Waals surface area contributed by atoms with Crippen molar-refractivity contribution in [2.75, 3.05) is 19.8 Å². The first kappa shape index (κ1) is 17.3. The zero-order valence-corrected chi connectivity index (χ0v) is 13.6. The van der Waals surface area contributed by atoms with E-state index in [1.54, 1.807) is 12.1 Å². The molecule has 1 rings (SSSR count). The van der Waals surface area contributed by atoms with Crippen molar-refractivity contribution in [3.63, 3.8) is 0 Å². The fraction of sp³-hybridized carbons (Fsp3) is 0.571. The van der Waals surface area contributed by atoms with E-state index in [1.165, 1.54) is 6.07 Å². The Kier molecular flexibility index (Phi) is 6.79. The summed E-state index contributed by atoms with van der Waals surface area (Å²) in [5, 5.41) is 0. The number of rotatable bonds is 8. The SMILES string of the molecule is CCOCCOc1ccc(S(=O)(=O)Cl)cc1C(C)CC. The van der Waals surface area contributed by atoms with Crippen LogP contribution in [-0.4, -0.2) is 28.2 Å².